The van der Waals surface area contributed by atoms with E-state index in [1.165, 1.54) is 5.56 Å². The Hall–Kier alpha value is -4.04. The summed E-state index contributed by atoms with van der Waals surface area (Å²) >= 11 is 0. The number of rotatable bonds is 10. The Bertz CT molecular complexity index is 1470. The van der Waals surface area contributed by atoms with E-state index in [2.05, 4.69) is 63.5 Å². The van der Waals surface area contributed by atoms with E-state index >= 15 is 0 Å². The van der Waals surface area contributed by atoms with Crippen LogP contribution in [-0.2, 0) is 26.1 Å². The normalized spacial score (nSPS) is 12.4. The lowest BCUT2D eigenvalue weighted by atomic mass is 10.1. The highest BCUT2D eigenvalue weighted by atomic mass is 16.3. The number of aryl methyl sites for hydroxylation is 1. The van der Waals surface area contributed by atoms with Crippen molar-refractivity contribution in [3.05, 3.63) is 112 Å². The van der Waals surface area contributed by atoms with E-state index in [0.717, 1.165) is 40.9 Å². The summed E-state index contributed by atoms with van der Waals surface area (Å²) in [5.41, 5.74) is 3.81. The lowest BCUT2D eigenvalue weighted by Crippen LogP contribution is -2.32. The molecule has 5 rings (SSSR count). The zero-order chi connectivity index (χ0) is 24.9. The quantitative estimate of drug-likeness (QED) is 0.305. The minimum atomic E-state index is -0.120. The van der Waals surface area contributed by atoms with Gasteiger partial charge in [0, 0.05) is 17.6 Å². The van der Waals surface area contributed by atoms with Gasteiger partial charge in [-0.2, -0.15) is 0 Å². The molecule has 0 aliphatic rings. The van der Waals surface area contributed by atoms with Gasteiger partial charge >= 0.3 is 0 Å². The molecule has 0 aliphatic carbocycles. The first-order valence-electron chi connectivity index (χ1n) is 12.4. The Labute approximate surface area is 209 Å². The Balaban J connectivity index is 1.51. The monoisotopic (exact) mass is 482 g/mol. The molecule has 0 saturated carbocycles. The molecule has 3 aromatic heterocycles. The number of aromatic nitrogens is 5. The highest BCUT2D eigenvalue weighted by molar-refractivity contribution is 5.79. The van der Waals surface area contributed by atoms with Gasteiger partial charge in [-0.1, -0.05) is 50.2 Å². The molecule has 0 aliphatic heterocycles. The Morgan fingerprint density at radius 3 is 2.61 bits per heavy atom. The first kappa shape index (κ1) is 23.7. The van der Waals surface area contributed by atoms with Crippen molar-refractivity contribution < 1.29 is 4.42 Å². The fraction of sp³-hybridized carbons (Fsp3) is 0.286. The molecule has 1 unspecified atom stereocenters. The molecule has 0 bridgehead atoms. The largest absolute Gasteiger partial charge is 0.468 e. The van der Waals surface area contributed by atoms with Gasteiger partial charge in [-0.15, -0.1) is 5.10 Å². The molecule has 0 saturated heterocycles. The summed E-state index contributed by atoms with van der Waals surface area (Å²) in [7, 11) is 0. The predicted octanol–water partition coefficient (Wildman–Crippen LogP) is 4.87. The zero-order valence-electron chi connectivity index (χ0n) is 20.6. The molecule has 0 spiro atoms. The maximum absolute atomic E-state index is 13.1. The number of furan rings is 1. The van der Waals surface area contributed by atoms with Gasteiger partial charge in [-0.25, -0.2) is 4.68 Å². The molecule has 3 heterocycles. The molecule has 0 radical (unpaired) electrons. The van der Waals surface area contributed by atoms with E-state index in [4.69, 9.17) is 4.42 Å². The SMILES string of the molecule is CCc1ccc2[nH]c(=O)c(CN(Cc3ccco3)C(CC)c3nnnn3Cc3ccccc3)cc2c1. The molecule has 0 fully saturated rings. The average molecular weight is 483 g/mol. The number of fused-ring (bicyclic) bond motifs is 1. The second kappa shape index (κ2) is 10.7. The van der Waals surface area contributed by atoms with Gasteiger partial charge in [-0.3, -0.25) is 9.69 Å². The first-order valence-corrected chi connectivity index (χ1v) is 12.4. The Morgan fingerprint density at radius 1 is 1.00 bits per heavy atom. The summed E-state index contributed by atoms with van der Waals surface area (Å²) in [5, 5.41) is 13.7. The van der Waals surface area contributed by atoms with E-state index in [-0.39, 0.29) is 11.6 Å². The molecule has 2 aromatic carbocycles. The average Bonchev–Trinajstić information content (AvgIpc) is 3.58. The van der Waals surface area contributed by atoms with Crippen LogP contribution in [0.1, 0.15) is 54.6 Å². The molecule has 1 N–H and O–H groups in total. The number of hydrogen-bond donors (Lipinski definition) is 1. The van der Waals surface area contributed by atoms with E-state index in [0.29, 0.717) is 25.2 Å². The highest BCUT2D eigenvalue weighted by Crippen LogP contribution is 2.27. The van der Waals surface area contributed by atoms with Crippen molar-refractivity contribution in [1.29, 1.82) is 0 Å². The molecule has 5 aromatic rings. The third-order valence-corrected chi connectivity index (χ3v) is 6.57. The molecule has 0 amide bonds. The first-order chi connectivity index (χ1) is 17.6. The van der Waals surface area contributed by atoms with Crippen LogP contribution < -0.4 is 5.56 Å². The van der Waals surface area contributed by atoms with E-state index in [1.54, 1.807) is 6.26 Å². The highest BCUT2D eigenvalue weighted by Gasteiger charge is 2.26. The summed E-state index contributed by atoms with van der Waals surface area (Å²) in [4.78, 5) is 18.4. The third kappa shape index (κ3) is 5.13. The van der Waals surface area contributed by atoms with Gasteiger partial charge in [-0.05, 0) is 70.1 Å². The maximum Gasteiger partial charge on any atom is 0.252 e. The fourth-order valence-corrected chi connectivity index (χ4v) is 4.66. The Morgan fingerprint density at radius 2 is 1.86 bits per heavy atom. The van der Waals surface area contributed by atoms with Crippen LogP contribution in [0.4, 0.5) is 0 Å². The number of pyridine rings is 1. The van der Waals surface area contributed by atoms with Crippen LogP contribution in [0.2, 0.25) is 0 Å². The van der Waals surface area contributed by atoms with Crippen LogP contribution in [0, 0.1) is 0 Å². The second-order valence-electron chi connectivity index (χ2n) is 8.99. The standard InChI is InChI=1S/C28H30N6O2/c1-3-20-12-13-25-22(15-20)16-23(28(35)29-25)18-33(19-24-11-8-14-36-24)26(4-2)27-30-31-32-34(27)17-21-9-6-5-7-10-21/h5-16,26H,3-4,17-19H2,1-2H3,(H,29,35). The van der Waals surface area contributed by atoms with Crippen molar-refractivity contribution in [2.75, 3.05) is 0 Å². The van der Waals surface area contributed by atoms with Crippen molar-refractivity contribution in [3.8, 4) is 0 Å². The van der Waals surface area contributed by atoms with Crippen molar-refractivity contribution in [3.63, 3.8) is 0 Å². The van der Waals surface area contributed by atoms with Gasteiger partial charge in [0.2, 0.25) is 0 Å². The van der Waals surface area contributed by atoms with E-state index < -0.39 is 0 Å². The fourth-order valence-electron chi connectivity index (χ4n) is 4.66. The number of nitrogens with zero attached hydrogens (tertiary/aromatic N) is 5. The summed E-state index contributed by atoms with van der Waals surface area (Å²) < 4.78 is 7.53. The summed E-state index contributed by atoms with van der Waals surface area (Å²) in [6.07, 6.45) is 3.38. The number of H-pyrrole nitrogens is 1. The Kier molecular flexibility index (Phi) is 7.04. The lowest BCUT2D eigenvalue weighted by molar-refractivity contribution is 0.149. The van der Waals surface area contributed by atoms with Crippen molar-refractivity contribution in [1.82, 2.24) is 30.1 Å². The second-order valence-corrected chi connectivity index (χ2v) is 8.99. The number of hydrogen-bond acceptors (Lipinski definition) is 6. The van der Waals surface area contributed by atoms with Crippen LogP contribution in [-0.4, -0.2) is 30.1 Å². The van der Waals surface area contributed by atoms with Crippen LogP contribution in [0.15, 0.2) is 82.2 Å². The van der Waals surface area contributed by atoms with Crippen LogP contribution in [0.5, 0.6) is 0 Å². The van der Waals surface area contributed by atoms with Gasteiger partial charge in [0.05, 0.1) is 25.4 Å². The molecule has 8 heteroatoms. The molecular formula is C28H30N6O2. The van der Waals surface area contributed by atoms with Crippen LogP contribution >= 0.6 is 0 Å². The van der Waals surface area contributed by atoms with Gasteiger partial charge in [0.1, 0.15) is 5.76 Å². The van der Waals surface area contributed by atoms with Gasteiger partial charge in [0.25, 0.3) is 5.56 Å². The zero-order valence-corrected chi connectivity index (χ0v) is 20.6. The van der Waals surface area contributed by atoms with E-state index in [1.807, 2.05) is 47.1 Å². The van der Waals surface area contributed by atoms with Crippen LogP contribution in [0.3, 0.4) is 0 Å². The number of nitrogens with one attached hydrogen (secondary N) is 1. The minimum absolute atomic E-state index is 0.0880. The summed E-state index contributed by atoms with van der Waals surface area (Å²) in [6.45, 7) is 5.77. The molecule has 36 heavy (non-hydrogen) atoms. The maximum atomic E-state index is 13.1. The van der Waals surface area contributed by atoms with Gasteiger partial charge in [0.15, 0.2) is 5.82 Å². The molecule has 1 atom stereocenters. The summed E-state index contributed by atoms with van der Waals surface area (Å²) in [5.74, 6) is 1.58. The van der Waals surface area contributed by atoms with Crippen LogP contribution in [0.25, 0.3) is 10.9 Å². The lowest BCUT2D eigenvalue weighted by Gasteiger charge is -2.29. The molecule has 8 nitrogen and oxygen atoms in total. The topological polar surface area (TPSA) is 92.8 Å². The van der Waals surface area contributed by atoms with Crippen molar-refractivity contribution in [2.24, 2.45) is 0 Å². The number of benzene rings is 2. The predicted molar refractivity (Wildman–Crippen MR) is 138 cm³/mol. The van der Waals surface area contributed by atoms with Gasteiger partial charge < -0.3 is 9.40 Å². The molecular weight excluding hydrogens is 452 g/mol. The number of aromatic amines is 1. The van der Waals surface area contributed by atoms with E-state index in [9.17, 15) is 4.79 Å². The minimum Gasteiger partial charge on any atom is -0.468 e. The number of tetrazole rings is 1. The summed E-state index contributed by atoms with van der Waals surface area (Å²) in [6, 6.07) is 22.0. The smallest absolute Gasteiger partial charge is 0.252 e. The van der Waals surface area contributed by atoms with Crippen molar-refractivity contribution >= 4 is 10.9 Å². The van der Waals surface area contributed by atoms with Crippen molar-refractivity contribution in [2.45, 2.75) is 52.4 Å². The molecule has 184 valence electrons. The third-order valence-electron chi connectivity index (χ3n) is 6.57.